The lowest BCUT2D eigenvalue weighted by Gasteiger charge is -2.43. The largest absolute Gasteiger partial charge is 0.361 e. The molecule has 0 saturated carbocycles. The Morgan fingerprint density at radius 1 is 1.29 bits per heavy atom. The van der Waals surface area contributed by atoms with Gasteiger partial charge in [0.25, 0.3) is 11.7 Å². The van der Waals surface area contributed by atoms with Crippen LogP contribution in [0.5, 0.6) is 0 Å². The zero-order valence-corrected chi connectivity index (χ0v) is 18.6. The van der Waals surface area contributed by atoms with Crippen LogP contribution in [0, 0.1) is 5.92 Å². The van der Waals surface area contributed by atoms with Gasteiger partial charge in [-0.3, -0.25) is 24.2 Å². The number of Topliss-reactive ketones (excluding diaryl/α,β-unsaturated/α-hetero) is 1. The van der Waals surface area contributed by atoms with Crippen LogP contribution < -0.4 is 10.0 Å². The Balaban J connectivity index is 2.31. The number of ketones is 1. The lowest BCUT2D eigenvalue weighted by atomic mass is 9.99. The number of hydrazine groups is 1. The molecule has 2 heterocycles. The number of hydrogen-bond acceptors (Lipinski definition) is 6. The first-order valence-electron chi connectivity index (χ1n) is 10.1. The fourth-order valence-electron chi connectivity index (χ4n) is 3.77. The minimum Gasteiger partial charge on any atom is -0.361 e. The third-order valence-electron chi connectivity index (χ3n) is 5.07. The van der Waals surface area contributed by atoms with Gasteiger partial charge in [0.15, 0.2) is 0 Å². The van der Waals surface area contributed by atoms with Crippen molar-refractivity contribution in [3.63, 3.8) is 0 Å². The molecule has 0 bridgehead atoms. The lowest BCUT2D eigenvalue weighted by Crippen LogP contribution is -2.64. The maximum absolute atomic E-state index is 13.1. The molecule has 13 heteroatoms. The first-order valence-corrected chi connectivity index (χ1v) is 12.0. The number of fused-ring (bicyclic) bond motifs is 1. The topological polar surface area (TPSA) is 169 Å². The summed E-state index contributed by atoms with van der Waals surface area (Å²) in [6.45, 7) is 3.93. The van der Waals surface area contributed by atoms with Crippen molar-refractivity contribution in [2.24, 2.45) is 5.92 Å². The summed E-state index contributed by atoms with van der Waals surface area (Å²) >= 11 is 0. The Morgan fingerprint density at radius 2 is 1.97 bits per heavy atom. The van der Waals surface area contributed by atoms with Gasteiger partial charge in [-0.2, -0.15) is 4.79 Å². The van der Waals surface area contributed by atoms with E-state index in [-0.39, 0.29) is 44.1 Å². The summed E-state index contributed by atoms with van der Waals surface area (Å²) in [7, 11) is -3.73. The third-order valence-corrected chi connectivity index (χ3v) is 5.79. The molecular weight excluding hydrogens is 428 g/mol. The van der Waals surface area contributed by atoms with Crippen molar-refractivity contribution in [3.05, 3.63) is 5.53 Å². The molecule has 0 aromatic carbocycles. The second kappa shape index (κ2) is 10.1. The molecule has 2 saturated heterocycles. The van der Waals surface area contributed by atoms with E-state index in [0.717, 1.165) is 11.3 Å². The van der Waals surface area contributed by atoms with E-state index >= 15 is 0 Å². The van der Waals surface area contributed by atoms with Gasteiger partial charge in [0, 0.05) is 13.0 Å². The third kappa shape index (κ3) is 6.42. The fraction of sp³-hybridized carbons (Fsp3) is 0.722. The summed E-state index contributed by atoms with van der Waals surface area (Å²) in [4.78, 5) is 53.7. The first kappa shape index (κ1) is 24.6. The number of carbonyl (C=O) groups excluding carboxylic acids is 4. The van der Waals surface area contributed by atoms with E-state index in [0.29, 0.717) is 12.6 Å². The molecule has 0 aromatic rings. The highest BCUT2D eigenvalue weighted by atomic mass is 32.2. The highest BCUT2D eigenvalue weighted by molar-refractivity contribution is 7.88. The Hall–Kier alpha value is -2.63. The van der Waals surface area contributed by atoms with Gasteiger partial charge < -0.3 is 10.8 Å². The average molecular weight is 457 g/mol. The van der Waals surface area contributed by atoms with E-state index in [9.17, 15) is 27.6 Å². The summed E-state index contributed by atoms with van der Waals surface area (Å²) in [5, 5.41) is 4.80. The monoisotopic (exact) mass is 456 g/mol. The second-order valence-electron chi connectivity index (χ2n) is 8.18. The molecule has 3 atom stereocenters. The van der Waals surface area contributed by atoms with Gasteiger partial charge in [-0.1, -0.05) is 13.8 Å². The molecule has 3 amide bonds. The summed E-state index contributed by atoms with van der Waals surface area (Å²) in [6.07, 6.45) is 2.52. The van der Waals surface area contributed by atoms with Crippen LogP contribution in [0.2, 0.25) is 0 Å². The molecule has 2 rings (SSSR count). The van der Waals surface area contributed by atoms with E-state index < -0.39 is 45.7 Å². The van der Waals surface area contributed by atoms with E-state index in [4.69, 9.17) is 5.53 Å². The number of sulfonamides is 1. The molecule has 2 aliphatic rings. The van der Waals surface area contributed by atoms with Gasteiger partial charge >= 0.3 is 6.21 Å². The van der Waals surface area contributed by atoms with E-state index in [2.05, 4.69) is 14.8 Å². The van der Waals surface area contributed by atoms with E-state index in [1.807, 2.05) is 13.8 Å². The van der Waals surface area contributed by atoms with Gasteiger partial charge in [-0.25, -0.2) is 18.1 Å². The SMILES string of the molecule is CC(C)C[C@H](NC(=O)[C@@H]1CCCN2C(=O)CC[C@H](NS(C)(=O)=O)C(=O)N12)C(=O)C=[N+]=[N-]. The van der Waals surface area contributed by atoms with Crippen LogP contribution in [-0.2, 0) is 29.2 Å². The maximum atomic E-state index is 13.1. The molecular formula is C18H28N6O6S. The number of nitrogens with zero attached hydrogens (tertiary/aromatic N) is 4. The molecule has 31 heavy (non-hydrogen) atoms. The molecule has 0 unspecified atom stereocenters. The number of nitrogens with one attached hydrogen (secondary N) is 2. The predicted molar refractivity (Wildman–Crippen MR) is 109 cm³/mol. The lowest BCUT2D eigenvalue weighted by molar-refractivity contribution is -0.176. The molecule has 0 aliphatic carbocycles. The predicted octanol–water partition coefficient (Wildman–Crippen LogP) is -1.17. The molecule has 172 valence electrons. The first-order chi connectivity index (χ1) is 14.4. The molecule has 2 fully saturated rings. The Bertz CT molecular complexity index is 897. The maximum Gasteiger partial charge on any atom is 0.325 e. The zero-order chi connectivity index (χ0) is 23.3. The molecule has 2 aliphatic heterocycles. The van der Waals surface area contributed by atoms with Crippen molar-refractivity contribution in [1.29, 1.82) is 0 Å². The Kier molecular flexibility index (Phi) is 8.04. The van der Waals surface area contributed by atoms with Crippen LogP contribution >= 0.6 is 0 Å². The van der Waals surface area contributed by atoms with Crippen LogP contribution in [0.1, 0.15) is 46.0 Å². The Labute approximate surface area is 181 Å². The van der Waals surface area contributed by atoms with Crippen molar-refractivity contribution in [2.75, 3.05) is 12.8 Å². The van der Waals surface area contributed by atoms with Crippen LogP contribution in [0.25, 0.3) is 5.53 Å². The van der Waals surface area contributed by atoms with Crippen LogP contribution in [-0.4, -0.2) is 83.9 Å². The normalized spacial score (nSPS) is 23.0. The van der Waals surface area contributed by atoms with Crippen LogP contribution in [0.3, 0.4) is 0 Å². The summed E-state index contributed by atoms with van der Waals surface area (Å²) in [5.74, 6) is -2.29. The average Bonchev–Trinajstić information content (AvgIpc) is 2.78. The van der Waals surface area contributed by atoms with Crippen molar-refractivity contribution in [3.8, 4) is 0 Å². The fourth-order valence-corrected chi connectivity index (χ4v) is 4.51. The summed E-state index contributed by atoms with van der Waals surface area (Å²) < 4.78 is 25.6. The van der Waals surface area contributed by atoms with Crippen molar-refractivity contribution < 1.29 is 32.4 Å². The van der Waals surface area contributed by atoms with Crippen LogP contribution in [0.4, 0.5) is 0 Å². The second-order valence-corrected chi connectivity index (χ2v) is 9.96. The molecule has 2 N–H and O–H groups in total. The standard InChI is InChI=1S/C18H28N6O6S/c1-11(2)9-13(15(25)10-20-19)21-17(27)14-5-4-8-23-16(26)7-6-12(18(28)24(14)23)22-31(3,29)30/h10-14,22H,4-9H2,1-3H3,(H,21,27)/t12-,13-,14-/m0/s1. The van der Waals surface area contributed by atoms with Gasteiger partial charge in [0.2, 0.25) is 21.8 Å². The van der Waals surface area contributed by atoms with Crippen LogP contribution in [0.15, 0.2) is 0 Å². The Morgan fingerprint density at radius 3 is 2.55 bits per heavy atom. The minimum absolute atomic E-state index is 0.0203. The number of carbonyl (C=O) groups is 4. The molecule has 12 nitrogen and oxygen atoms in total. The quantitative estimate of drug-likeness (QED) is 0.265. The summed E-state index contributed by atoms with van der Waals surface area (Å²) in [5.41, 5.74) is 8.66. The van der Waals surface area contributed by atoms with Gasteiger partial charge in [0.1, 0.15) is 12.1 Å². The van der Waals surface area contributed by atoms with Crippen molar-refractivity contribution in [1.82, 2.24) is 20.1 Å². The van der Waals surface area contributed by atoms with E-state index in [1.165, 1.54) is 5.01 Å². The number of rotatable bonds is 8. The summed E-state index contributed by atoms with van der Waals surface area (Å²) in [6, 6.07) is -3.23. The zero-order valence-electron chi connectivity index (χ0n) is 17.8. The van der Waals surface area contributed by atoms with Gasteiger partial charge in [0.05, 0.1) is 12.3 Å². The van der Waals surface area contributed by atoms with Gasteiger partial charge in [-0.05, 0) is 31.6 Å². The highest BCUT2D eigenvalue weighted by Crippen LogP contribution is 2.25. The van der Waals surface area contributed by atoms with Crippen molar-refractivity contribution >= 4 is 39.7 Å². The molecule has 0 radical (unpaired) electrons. The molecule has 0 spiro atoms. The van der Waals surface area contributed by atoms with Crippen molar-refractivity contribution in [2.45, 2.75) is 64.1 Å². The van der Waals surface area contributed by atoms with Gasteiger partial charge in [-0.15, -0.1) is 0 Å². The van der Waals surface area contributed by atoms with E-state index in [1.54, 1.807) is 0 Å². The smallest absolute Gasteiger partial charge is 0.325 e. The minimum atomic E-state index is -3.73. The number of amides is 3. The molecule has 0 aromatic heterocycles. The number of hydrogen-bond donors (Lipinski definition) is 2. The highest BCUT2D eigenvalue weighted by Gasteiger charge is 2.45.